The zero-order valence-corrected chi connectivity index (χ0v) is 9.01. The van der Waals surface area contributed by atoms with Gasteiger partial charge in [-0.25, -0.2) is 4.99 Å². The van der Waals surface area contributed by atoms with E-state index in [4.69, 9.17) is 5.53 Å². The zero-order chi connectivity index (χ0) is 11.7. The molecule has 1 aliphatic rings. The highest BCUT2D eigenvalue weighted by molar-refractivity contribution is 6.70. The Morgan fingerprint density at radius 2 is 2.06 bits per heavy atom. The molecular weight excluding hydrogens is 204 g/mol. The fourth-order valence-corrected chi connectivity index (χ4v) is 1.53. The lowest BCUT2D eigenvalue weighted by atomic mass is 10.1. The monoisotopic (exact) mass is 214 g/mol. The number of aliphatic imine (C=N–C) groups is 1. The van der Waals surface area contributed by atoms with E-state index in [1.165, 1.54) is 4.90 Å². The number of hydrogen-bond acceptors (Lipinski definition) is 2. The maximum atomic E-state index is 11.8. The van der Waals surface area contributed by atoms with Crippen LogP contribution in [0.4, 0.5) is 5.69 Å². The minimum Gasteiger partial charge on any atom is -0.361 e. The van der Waals surface area contributed by atoms with Crippen LogP contribution in [0.2, 0.25) is 0 Å². The summed E-state index contributed by atoms with van der Waals surface area (Å²) in [5, 5.41) is 0. The van der Waals surface area contributed by atoms with Crippen molar-refractivity contribution in [3.8, 4) is 0 Å². The average Bonchev–Trinajstić information content (AvgIpc) is 2.65. The number of carbonyl (C=O) groups excluding carboxylic acids is 1. The number of amides is 1. The van der Waals surface area contributed by atoms with Crippen LogP contribution in [-0.4, -0.2) is 41.1 Å². The molecule has 5 nitrogen and oxygen atoms in total. The van der Waals surface area contributed by atoms with Gasteiger partial charge in [-0.1, -0.05) is 12.1 Å². The van der Waals surface area contributed by atoms with E-state index >= 15 is 0 Å². The minimum atomic E-state index is -0.274. The number of hydrogen-bond donors (Lipinski definition) is 0. The molecule has 0 spiro atoms. The van der Waals surface area contributed by atoms with Gasteiger partial charge in [0, 0.05) is 14.1 Å². The Balaban J connectivity index is 2.54. The van der Waals surface area contributed by atoms with Gasteiger partial charge in [0.1, 0.15) is 0 Å². The smallest absolute Gasteiger partial charge is 0.355 e. The van der Waals surface area contributed by atoms with E-state index < -0.39 is 0 Å². The van der Waals surface area contributed by atoms with Gasteiger partial charge >= 0.3 is 5.71 Å². The fourth-order valence-electron chi connectivity index (χ4n) is 1.53. The third-order valence-electron chi connectivity index (χ3n) is 2.32. The van der Waals surface area contributed by atoms with Gasteiger partial charge in [0.25, 0.3) is 5.91 Å². The highest BCUT2D eigenvalue weighted by Gasteiger charge is 2.35. The van der Waals surface area contributed by atoms with Crippen molar-refractivity contribution in [3.63, 3.8) is 0 Å². The van der Waals surface area contributed by atoms with Crippen LogP contribution in [-0.2, 0) is 4.79 Å². The van der Waals surface area contributed by atoms with Crippen molar-refractivity contribution in [1.29, 1.82) is 0 Å². The number of nitrogens with zero attached hydrogens (tertiary/aromatic N) is 4. The summed E-state index contributed by atoms with van der Waals surface area (Å²) in [7, 11) is 3.26. The van der Waals surface area contributed by atoms with Gasteiger partial charge in [-0.15, -0.1) is 0 Å². The van der Waals surface area contributed by atoms with Crippen molar-refractivity contribution in [2.24, 2.45) is 4.99 Å². The SMILES string of the molecule is CN(C)C(=O)C1=Nc2ccccc2C1=[N+]=[N-]. The van der Waals surface area contributed by atoms with Crippen molar-refractivity contribution in [2.75, 3.05) is 14.1 Å². The molecule has 1 amide bonds. The van der Waals surface area contributed by atoms with E-state index in [-0.39, 0.29) is 17.3 Å². The molecule has 0 aliphatic carbocycles. The van der Waals surface area contributed by atoms with Gasteiger partial charge in [-0.05, 0) is 12.1 Å². The van der Waals surface area contributed by atoms with Crippen molar-refractivity contribution >= 4 is 23.0 Å². The second-order valence-electron chi connectivity index (χ2n) is 3.63. The molecule has 0 bridgehead atoms. The Morgan fingerprint density at radius 3 is 2.69 bits per heavy atom. The number of para-hydroxylation sites is 1. The van der Waals surface area contributed by atoms with Crippen LogP contribution in [0.3, 0.4) is 0 Å². The van der Waals surface area contributed by atoms with Gasteiger partial charge in [0.05, 0.1) is 11.3 Å². The molecule has 0 unspecified atom stereocenters. The molecule has 0 N–H and O–H groups in total. The third kappa shape index (κ3) is 1.43. The lowest BCUT2D eigenvalue weighted by Crippen LogP contribution is -2.34. The van der Waals surface area contributed by atoms with Crippen molar-refractivity contribution in [3.05, 3.63) is 35.4 Å². The summed E-state index contributed by atoms with van der Waals surface area (Å²) in [6.07, 6.45) is 0. The Labute approximate surface area is 92.6 Å². The molecule has 5 heteroatoms. The van der Waals surface area contributed by atoms with Crippen molar-refractivity contribution in [1.82, 2.24) is 4.90 Å². The molecule has 0 fully saturated rings. The maximum Gasteiger partial charge on any atom is 0.355 e. The largest absolute Gasteiger partial charge is 0.361 e. The van der Waals surface area contributed by atoms with Crippen molar-refractivity contribution < 1.29 is 9.58 Å². The first-order valence-corrected chi connectivity index (χ1v) is 4.77. The summed E-state index contributed by atoms with van der Waals surface area (Å²) in [4.78, 5) is 20.5. The molecule has 1 aliphatic heterocycles. The predicted molar refractivity (Wildman–Crippen MR) is 60.0 cm³/mol. The maximum absolute atomic E-state index is 11.8. The minimum absolute atomic E-state index is 0.175. The zero-order valence-electron chi connectivity index (χ0n) is 9.01. The van der Waals surface area contributed by atoms with Crippen LogP contribution in [0, 0.1) is 0 Å². The lowest BCUT2D eigenvalue weighted by molar-refractivity contribution is -0.121. The molecule has 1 aromatic carbocycles. The summed E-state index contributed by atoms with van der Waals surface area (Å²) in [5.74, 6) is -0.274. The second-order valence-corrected chi connectivity index (χ2v) is 3.63. The first-order valence-electron chi connectivity index (χ1n) is 4.77. The fraction of sp³-hybridized carbons (Fsp3) is 0.182. The molecule has 0 radical (unpaired) electrons. The van der Waals surface area contributed by atoms with E-state index in [9.17, 15) is 4.79 Å². The highest BCUT2D eigenvalue weighted by atomic mass is 16.2. The molecule has 0 saturated carbocycles. The lowest BCUT2D eigenvalue weighted by Gasteiger charge is -2.06. The quantitative estimate of drug-likeness (QED) is 0.505. The molecule has 80 valence electrons. The van der Waals surface area contributed by atoms with E-state index in [2.05, 4.69) is 9.78 Å². The van der Waals surface area contributed by atoms with Crippen LogP contribution in [0.25, 0.3) is 5.53 Å². The summed E-state index contributed by atoms with van der Waals surface area (Å²) in [6, 6.07) is 7.17. The molecule has 1 heterocycles. The highest BCUT2D eigenvalue weighted by Crippen LogP contribution is 2.26. The Kier molecular flexibility index (Phi) is 2.38. The Morgan fingerprint density at radius 1 is 1.38 bits per heavy atom. The first kappa shape index (κ1) is 10.3. The standard InChI is InChI=1S/C11H10N4O/c1-15(2)11(16)10-9(14-12)7-5-3-4-6-8(7)13-10/h3-6H,1-2H3. The van der Waals surface area contributed by atoms with Gasteiger partial charge in [-0.3, -0.25) is 4.79 Å². The number of rotatable bonds is 1. The molecular formula is C11H10N4O. The van der Waals surface area contributed by atoms with E-state index in [0.29, 0.717) is 11.3 Å². The summed E-state index contributed by atoms with van der Waals surface area (Å²) in [5.41, 5.74) is 10.7. The van der Waals surface area contributed by atoms with Gasteiger partial charge in [0.2, 0.25) is 5.71 Å². The van der Waals surface area contributed by atoms with E-state index in [1.54, 1.807) is 26.2 Å². The van der Waals surface area contributed by atoms with Crippen LogP contribution in [0.15, 0.2) is 29.3 Å². The van der Waals surface area contributed by atoms with E-state index in [1.807, 2.05) is 12.1 Å². The topological polar surface area (TPSA) is 69.1 Å². The van der Waals surface area contributed by atoms with Crippen LogP contribution in [0.1, 0.15) is 5.56 Å². The summed E-state index contributed by atoms with van der Waals surface area (Å²) in [6.45, 7) is 0. The molecule has 1 aromatic rings. The van der Waals surface area contributed by atoms with Crippen molar-refractivity contribution in [2.45, 2.75) is 0 Å². The normalized spacial score (nSPS) is 12.9. The Hall–Kier alpha value is -2.26. The van der Waals surface area contributed by atoms with Crippen LogP contribution >= 0.6 is 0 Å². The van der Waals surface area contributed by atoms with Gasteiger partial charge in [0.15, 0.2) is 0 Å². The molecule has 0 saturated heterocycles. The third-order valence-corrected chi connectivity index (χ3v) is 2.32. The van der Waals surface area contributed by atoms with Crippen LogP contribution < -0.4 is 0 Å². The molecule has 0 aromatic heterocycles. The molecule has 0 atom stereocenters. The number of benzene rings is 1. The average molecular weight is 214 g/mol. The number of carbonyl (C=O) groups is 1. The first-order chi connectivity index (χ1) is 7.65. The van der Waals surface area contributed by atoms with Crippen LogP contribution in [0.5, 0.6) is 0 Å². The second kappa shape index (κ2) is 3.72. The summed E-state index contributed by atoms with van der Waals surface area (Å²) < 4.78 is 0. The Bertz CT molecular complexity index is 539. The van der Waals surface area contributed by atoms with Gasteiger partial charge < -0.3 is 10.4 Å². The number of fused-ring (bicyclic) bond motifs is 1. The van der Waals surface area contributed by atoms with E-state index in [0.717, 1.165) is 0 Å². The predicted octanol–water partition coefficient (Wildman–Crippen LogP) is 0.880. The van der Waals surface area contributed by atoms with Gasteiger partial charge in [-0.2, -0.15) is 4.79 Å². The summed E-state index contributed by atoms with van der Waals surface area (Å²) >= 11 is 0. The molecule has 2 rings (SSSR count). The molecule has 16 heavy (non-hydrogen) atoms.